The zero-order chi connectivity index (χ0) is 22.4. The predicted octanol–water partition coefficient (Wildman–Crippen LogP) is 8.04. The van der Waals surface area contributed by atoms with Crippen LogP contribution < -0.4 is 0 Å². The lowest BCUT2D eigenvalue weighted by Gasteiger charge is -2.61. The van der Waals surface area contributed by atoms with E-state index in [9.17, 15) is 4.79 Å². The molecule has 31 heavy (non-hydrogen) atoms. The summed E-state index contributed by atoms with van der Waals surface area (Å²) in [4.78, 5) is 11.8. The Labute approximate surface area is 192 Å². The van der Waals surface area contributed by atoms with E-state index in [1.807, 2.05) is 0 Å². The summed E-state index contributed by atoms with van der Waals surface area (Å²) in [6.45, 7) is 14.2. The third kappa shape index (κ3) is 4.23. The smallest absolute Gasteiger partial charge is 0.302 e. The molecule has 6 unspecified atom stereocenters. The number of carbonyl (C=O) groups is 1. The molecule has 9 atom stereocenters. The lowest BCUT2D eigenvalue weighted by molar-refractivity contribution is -0.174. The topological polar surface area (TPSA) is 26.3 Å². The molecular formula is C29H50O2. The Hall–Kier alpha value is -0.530. The zero-order valence-electron chi connectivity index (χ0n) is 21.4. The molecule has 4 saturated carbocycles. The van der Waals surface area contributed by atoms with Crippen LogP contribution in [0.5, 0.6) is 0 Å². The number of carbonyl (C=O) groups excluding carboxylic acids is 1. The van der Waals surface area contributed by atoms with E-state index in [1.54, 1.807) is 6.92 Å². The summed E-state index contributed by atoms with van der Waals surface area (Å²) < 4.78 is 5.88. The van der Waals surface area contributed by atoms with Crippen molar-refractivity contribution in [1.29, 1.82) is 0 Å². The number of rotatable bonds is 6. The highest BCUT2D eigenvalue weighted by Gasteiger charge is 2.61. The number of hydrogen-bond donors (Lipinski definition) is 0. The van der Waals surface area contributed by atoms with Crippen LogP contribution in [0.3, 0.4) is 0 Å². The number of ether oxygens (including phenoxy) is 1. The zero-order valence-corrected chi connectivity index (χ0v) is 21.4. The van der Waals surface area contributed by atoms with Gasteiger partial charge in [-0.2, -0.15) is 0 Å². The fourth-order valence-electron chi connectivity index (χ4n) is 9.73. The van der Waals surface area contributed by atoms with Gasteiger partial charge in [0.25, 0.3) is 0 Å². The van der Waals surface area contributed by atoms with Gasteiger partial charge in [0.2, 0.25) is 0 Å². The van der Waals surface area contributed by atoms with Gasteiger partial charge < -0.3 is 4.74 Å². The second-order valence-corrected chi connectivity index (χ2v) is 13.1. The molecule has 2 nitrogen and oxygen atoms in total. The molecule has 0 heterocycles. The predicted molar refractivity (Wildman–Crippen MR) is 129 cm³/mol. The van der Waals surface area contributed by atoms with Crippen molar-refractivity contribution < 1.29 is 9.53 Å². The highest BCUT2D eigenvalue weighted by molar-refractivity contribution is 5.66. The van der Waals surface area contributed by atoms with E-state index >= 15 is 0 Å². The van der Waals surface area contributed by atoms with Gasteiger partial charge in [-0.25, -0.2) is 0 Å². The van der Waals surface area contributed by atoms with Crippen molar-refractivity contribution in [1.82, 2.24) is 0 Å². The van der Waals surface area contributed by atoms with E-state index < -0.39 is 0 Å². The van der Waals surface area contributed by atoms with Crippen LogP contribution in [0, 0.1) is 52.3 Å². The average molecular weight is 431 g/mol. The first-order chi connectivity index (χ1) is 14.7. The van der Waals surface area contributed by atoms with Gasteiger partial charge >= 0.3 is 5.97 Å². The van der Waals surface area contributed by atoms with Gasteiger partial charge in [-0.3, -0.25) is 4.79 Å². The Morgan fingerprint density at radius 3 is 2.29 bits per heavy atom. The largest absolute Gasteiger partial charge is 0.462 e. The van der Waals surface area contributed by atoms with Gasteiger partial charge in [0, 0.05) is 12.8 Å². The van der Waals surface area contributed by atoms with Crippen LogP contribution >= 0.6 is 0 Å². The van der Waals surface area contributed by atoms with Crippen molar-refractivity contribution in [3.63, 3.8) is 0 Å². The van der Waals surface area contributed by atoms with E-state index in [0.29, 0.717) is 16.7 Å². The van der Waals surface area contributed by atoms with Gasteiger partial charge in [-0.05, 0) is 104 Å². The van der Waals surface area contributed by atoms with Crippen molar-refractivity contribution in [3.05, 3.63) is 0 Å². The van der Waals surface area contributed by atoms with Crippen molar-refractivity contribution >= 4 is 5.97 Å². The van der Waals surface area contributed by atoms with Crippen molar-refractivity contribution in [2.75, 3.05) is 0 Å². The maximum absolute atomic E-state index is 11.8. The van der Waals surface area contributed by atoms with Crippen LogP contribution in [0.25, 0.3) is 0 Å². The molecule has 0 saturated heterocycles. The maximum atomic E-state index is 11.8. The summed E-state index contributed by atoms with van der Waals surface area (Å²) in [6, 6.07) is 0. The minimum Gasteiger partial charge on any atom is -0.462 e. The molecule has 4 fully saturated rings. The van der Waals surface area contributed by atoms with Crippen molar-refractivity contribution in [2.24, 2.45) is 52.3 Å². The van der Waals surface area contributed by atoms with E-state index in [-0.39, 0.29) is 12.1 Å². The molecule has 178 valence electrons. The number of hydrogen-bond acceptors (Lipinski definition) is 2. The second kappa shape index (κ2) is 9.02. The third-order valence-electron chi connectivity index (χ3n) is 11.1. The van der Waals surface area contributed by atoms with E-state index in [4.69, 9.17) is 4.74 Å². The fourth-order valence-corrected chi connectivity index (χ4v) is 9.73. The lowest BCUT2D eigenvalue weighted by Crippen LogP contribution is -2.56. The molecule has 0 aromatic rings. The SMILES string of the molecule is CC(=O)O[C@@H]1CCCC2(C)C3CCC4(C)C(CCC4[C@H](C)CCCC(C)C)C3CC[C@@H]12. The minimum absolute atomic E-state index is 0.0716. The fraction of sp³-hybridized carbons (Fsp3) is 0.966. The second-order valence-electron chi connectivity index (χ2n) is 13.1. The summed E-state index contributed by atoms with van der Waals surface area (Å²) in [6.07, 6.45) is 16.6. The summed E-state index contributed by atoms with van der Waals surface area (Å²) in [5, 5.41) is 0. The number of esters is 1. The van der Waals surface area contributed by atoms with Gasteiger partial charge in [0.05, 0.1) is 0 Å². The van der Waals surface area contributed by atoms with Gasteiger partial charge in [0.15, 0.2) is 0 Å². The van der Waals surface area contributed by atoms with Crippen LogP contribution in [0.15, 0.2) is 0 Å². The Morgan fingerprint density at radius 2 is 1.58 bits per heavy atom. The molecule has 0 aromatic carbocycles. The Balaban J connectivity index is 1.47. The Bertz CT molecular complexity index is 641. The van der Waals surface area contributed by atoms with E-state index in [0.717, 1.165) is 41.9 Å². The van der Waals surface area contributed by atoms with Crippen LogP contribution in [0.4, 0.5) is 0 Å². The quantitative estimate of drug-likeness (QED) is 0.398. The van der Waals surface area contributed by atoms with E-state index in [2.05, 4.69) is 34.6 Å². The molecule has 0 spiro atoms. The van der Waals surface area contributed by atoms with Gasteiger partial charge in [0.1, 0.15) is 6.10 Å². The monoisotopic (exact) mass is 430 g/mol. The first kappa shape index (κ1) is 23.6. The molecule has 0 aromatic heterocycles. The van der Waals surface area contributed by atoms with E-state index in [1.165, 1.54) is 70.6 Å². The standard InChI is InChI=1S/C29H50O2/c1-19(2)9-7-10-20(3)23-14-15-24-22-12-13-26-27(31-21(4)30)11-8-17-28(26,5)25(22)16-18-29(23,24)6/h19-20,22-27H,7-18H2,1-6H3/t20-,22?,23?,24?,25?,26+,27-,28?,29?/m1/s1. The molecule has 4 rings (SSSR count). The normalized spacial score (nSPS) is 45.5. The summed E-state index contributed by atoms with van der Waals surface area (Å²) >= 11 is 0. The van der Waals surface area contributed by atoms with Crippen LogP contribution in [-0.2, 0) is 9.53 Å². The molecule has 0 aliphatic heterocycles. The average Bonchev–Trinajstić information content (AvgIpc) is 3.04. The Morgan fingerprint density at radius 1 is 0.871 bits per heavy atom. The van der Waals surface area contributed by atoms with Gasteiger partial charge in [-0.15, -0.1) is 0 Å². The molecular weight excluding hydrogens is 380 g/mol. The highest BCUT2D eigenvalue weighted by atomic mass is 16.5. The Kier molecular flexibility index (Phi) is 6.87. The van der Waals surface area contributed by atoms with Crippen LogP contribution in [-0.4, -0.2) is 12.1 Å². The first-order valence-corrected chi connectivity index (χ1v) is 13.8. The van der Waals surface area contributed by atoms with Crippen LogP contribution in [0.1, 0.15) is 119 Å². The molecule has 4 aliphatic rings. The molecule has 4 aliphatic carbocycles. The summed E-state index contributed by atoms with van der Waals surface area (Å²) in [7, 11) is 0. The molecule has 0 N–H and O–H groups in total. The van der Waals surface area contributed by atoms with Crippen molar-refractivity contribution in [3.8, 4) is 0 Å². The minimum atomic E-state index is -0.0716. The molecule has 0 amide bonds. The maximum Gasteiger partial charge on any atom is 0.302 e. The summed E-state index contributed by atoms with van der Waals surface area (Å²) in [5.74, 6) is 5.92. The first-order valence-electron chi connectivity index (χ1n) is 13.8. The number of fused-ring (bicyclic) bond motifs is 5. The summed E-state index contributed by atoms with van der Waals surface area (Å²) in [5.41, 5.74) is 0.967. The third-order valence-corrected chi connectivity index (χ3v) is 11.1. The van der Waals surface area contributed by atoms with Crippen molar-refractivity contribution in [2.45, 2.75) is 125 Å². The van der Waals surface area contributed by atoms with Crippen LogP contribution in [0.2, 0.25) is 0 Å². The highest BCUT2D eigenvalue weighted by Crippen LogP contribution is 2.68. The molecule has 2 heteroatoms. The molecule has 0 radical (unpaired) electrons. The van der Waals surface area contributed by atoms with Gasteiger partial charge in [-0.1, -0.05) is 53.9 Å². The lowest BCUT2D eigenvalue weighted by atomic mass is 9.44. The molecule has 0 bridgehead atoms.